The monoisotopic (exact) mass is 304 g/mol. The maximum absolute atomic E-state index is 2.27. The molecule has 0 amide bonds. The predicted molar refractivity (Wildman–Crippen MR) is 92.2 cm³/mol. The standard InChI is InChI=1S/C21H24N2/c1-22-11-7-16(8-12-22)20-15-21(17-9-13-23(2)14-10-17)19-6-4-3-5-18(19)20/h7-14H,3-6,15H2,1-2H3/q+2. The number of pyridine rings is 2. The lowest BCUT2D eigenvalue weighted by Crippen LogP contribution is -2.26. The van der Waals surface area contributed by atoms with E-state index in [9.17, 15) is 0 Å². The molecule has 0 atom stereocenters. The van der Waals surface area contributed by atoms with Gasteiger partial charge >= 0.3 is 0 Å². The van der Waals surface area contributed by atoms with Gasteiger partial charge in [-0.3, -0.25) is 0 Å². The van der Waals surface area contributed by atoms with E-state index in [0.29, 0.717) is 0 Å². The van der Waals surface area contributed by atoms with Gasteiger partial charge in [-0.15, -0.1) is 0 Å². The average molecular weight is 304 g/mol. The van der Waals surface area contributed by atoms with Crippen molar-refractivity contribution in [1.82, 2.24) is 0 Å². The number of fused-ring (bicyclic) bond motifs is 1. The molecule has 0 saturated heterocycles. The molecule has 0 aromatic carbocycles. The number of rotatable bonds is 2. The molecule has 0 bridgehead atoms. The Labute approximate surface area is 138 Å². The van der Waals surface area contributed by atoms with Gasteiger partial charge in [-0.05, 0) is 65.5 Å². The SMILES string of the molecule is C[n+]1ccc(C2=C3CCCCC3=C(c3cc[n+](C)cc3)C2)cc1. The molecule has 2 heterocycles. The number of hydrogen-bond acceptors (Lipinski definition) is 0. The number of hydrogen-bond donors (Lipinski definition) is 0. The fourth-order valence-corrected chi connectivity index (χ4v) is 3.92. The second-order valence-electron chi connectivity index (χ2n) is 6.80. The number of nitrogens with zero attached hydrogens (tertiary/aromatic N) is 2. The quantitative estimate of drug-likeness (QED) is 0.750. The highest BCUT2D eigenvalue weighted by Crippen LogP contribution is 2.48. The van der Waals surface area contributed by atoms with E-state index in [1.165, 1.54) is 36.8 Å². The van der Waals surface area contributed by atoms with Gasteiger partial charge in [0.1, 0.15) is 14.1 Å². The summed E-state index contributed by atoms with van der Waals surface area (Å²) in [6.45, 7) is 0. The van der Waals surface area contributed by atoms with Gasteiger partial charge in [0.25, 0.3) is 0 Å². The van der Waals surface area contributed by atoms with Gasteiger partial charge < -0.3 is 0 Å². The lowest BCUT2D eigenvalue weighted by molar-refractivity contribution is -0.671. The molecule has 2 aromatic heterocycles. The summed E-state index contributed by atoms with van der Waals surface area (Å²) in [6.07, 6.45) is 14.9. The summed E-state index contributed by atoms with van der Waals surface area (Å²) in [5.41, 5.74) is 9.18. The van der Waals surface area contributed by atoms with Crippen molar-refractivity contribution < 1.29 is 9.13 Å². The highest BCUT2D eigenvalue weighted by atomic mass is 14.9. The van der Waals surface area contributed by atoms with E-state index in [-0.39, 0.29) is 0 Å². The van der Waals surface area contributed by atoms with Crippen LogP contribution >= 0.6 is 0 Å². The first-order valence-electron chi connectivity index (χ1n) is 8.58. The molecule has 4 rings (SSSR count). The Morgan fingerprint density at radius 3 is 1.39 bits per heavy atom. The van der Waals surface area contributed by atoms with Crippen LogP contribution in [0.3, 0.4) is 0 Å². The summed E-state index contributed by atoms with van der Waals surface area (Å²) in [6, 6.07) is 9.07. The fourth-order valence-electron chi connectivity index (χ4n) is 3.92. The highest BCUT2D eigenvalue weighted by Gasteiger charge is 2.28. The third-order valence-corrected chi connectivity index (χ3v) is 5.20. The number of aryl methyl sites for hydroxylation is 2. The molecule has 1 fully saturated rings. The first-order chi connectivity index (χ1) is 11.2. The van der Waals surface area contributed by atoms with Crippen molar-refractivity contribution in [2.45, 2.75) is 32.1 Å². The molecule has 2 aromatic rings. The fraction of sp³-hybridized carbons (Fsp3) is 0.333. The van der Waals surface area contributed by atoms with Crippen molar-refractivity contribution in [2.75, 3.05) is 0 Å². The molecule has 23 heavy (non-hydrogen) atoms. The summed E-state index contributed by atoms with van der Waals surface area (Å²) >= 11 is 0. The van der Waals surface area contributed by atoms with E-state index in [2.05, 4.69) is 72.3 Å². The Balaban J connectivity index is 1.76. The van der Waals surface area contributed by atoms with Gasteiger partial charge in [0.2, 0.25) is 0 Å². The molecule has 2 heteroatoms. The average Bonchev–Trinajstić information content (AvgIpc) is 2.96. The molecule has 0 unspecified atom stereocenters. The third kappa shape index (κ3) is 2.63. The van der Waals surface area contributed by atoms with Gasteiger partial charge in [-0.2, -0.15) is 0 Å². The van der Waals surface area contributed by atoms with Crippen LogP contribution in [0.15, 0.2) is 60.2 Å². The topological polar surface area (TPSA) is 7.76 Å². The zero-order valence-corrected chi connectivity index (χ0v) is 14.0. The second kappa shape index (κ2) is 5.77. The summed E-state index contributed by atoms with van der Waals surface area (Å²) in [4.78, 5) is 0. The molecular weight excluding hydrogens is 280 g/mol. The zero-order valence-electron chi connectivity index (χ0n) is 14.0. The first-order valence-corrected chi connectivity index (χ1v) is 8.58. The minimum atomic E-state index is 1.09. The third-order valence-electron chi connectivity index (χ3n) is 5.20. The molecule has 0 radical (unpaired) electrons. The molecule has 2 aliphatic carbocycles. The molecule has 0 spiro atoms. The molecule has 1 saturated carbocycles. The van der Waals surface area contributed by atoms with Crippen LogP contribution in [-0.2, 0) is 14.1 Å². The van der Waals surface area contributed by atoms with Crippen LogP contribution < -0.4 is 9.13 Å². The van der Waals surface area contributed by atoms with Crippen LogP contribution in [0, 0.1) is 0 Å². The minimum absolute atomic E-state index is 1.09. The number of allylic oxidation sites excluding steroid dienone is 4. The summed E-state index contributed by atoms with van der Waals surface area (Å²) in [5, 5.41) is 0. The predicted octanol–water partition coefficient (Wildman–Crippen LogP) is 3.52. The van der Waals surface area contributed by atoms with E-state index < -0.39 is 0 Å². The van der Waals surface area contributed by atoms with Gasteiger partial charge in [0.15, 0.2) is 24.8 Å². The van der Waals surface area contributed by atoms with Crippen molar-refractivity contribution in [3.63, 3.8) is 0 Å². The Hall–Kier alpha value is -2.22. The van der Waals surface area contributed by atoms with E-state index in [1.807, 2.05) is 0 Å². The van der Waals surface area contributed by atoms with E-state index in [1.54, 1.807) is 22.3 Å². The van der Waals surface area contributed by atoms with E-state index in [0.717, 1.165) is 6.42 Å². The Bertz CT molecular complexity index is 723. The molecule has 2 nitrogen and oxygen atoms in total. The molecule has 0 N–H and O–H groups in total. The van der Waals surface area contributed by atoms with Crippen molar-refractivity contribution >= 4 is 11.1 Å². The normalized spacial score (nSPS) is 17.7. The Morgan fingerprint density at radius 1 is 0.609 bits per heavy atom. The Kier molecular flexibility index (Phi) is 3.60. The van der Waals surface area contributed by atoms with Crippen molar-refractivity contribution in [1.29, 1.82) is 0 Å². The van der Waals surface area contributed by atoms with Crippen LogP contribution in [0.1, 0.15) is 43.2 Å². The van der Waals surface area contributed by atoms with Gasteiger partial charge in [-0.25, -0.2) is 9.13 Å². The summed E-state index contributed by atoms with van der Waals surface area (Å²) < 4.78 is 4.22. The minimum Gasteiger partial charge on any atom is -0.208 e. The van der Waals surface area contributed by atoms with Crippen molar-refractivity contribution in [3.8, 4) is 0 Å². The van der Waals surface area contributed by atoms with Crippen molar-refractivity contribution in [2.24, 2.45) is 14.1 Å². The first kappa shape index (κ1) is 14.4. The summed E-state index contributed by atoms with van der Waals surface area (Å²) in [5.74, 6) is 0. The van der Waals surface area contributed by atoms with Crippen LogP contribution in [0.2, 0.25) is 0 Å². The maximum Gasteiger partial charge on any atom is 0.169 e. The van der Waals surface area contributed by atoms with Crippen LogP contribution in [0.4, 0.5) is 0 Å². The molecule has 2 aliphatic rings. The lowest BCUT2D eigenvalue weighted by atomic mass is 9.87. The van der Waals surface area contributed by atoms with Crippen LogP contribution in [0.5, 0.6) is 0 Å². The van der Waals surface area contributed by atoms with Crippen molar-refractivity contribution in [3.05, 3.63) is 71.3 Å². The van der Waals surface area contributed by atoms with Crippen LogP contribution in [0.25, 0.3) is 11.1 Å². The highest BCUT2D eigenvalue weighted by molar-refractivity contribution is 5.92. The van der Waals surface area contributed by atoms with E-state index >= 15 is 0 Å². The lowest BCUT2D eigenvalue weighted by Gasteiger charge is -2.18. The Morgan fingerprint density at radius 2 is 1.00 bits per heavy atom. The number of aromatic nitrogens is 2. The van der Waals surface area contributed by atoms with Crippen LogP contribution in [-0.4, -0.2) is 0 Å². The molecule has 0 aliphatic heterocycles. The van der Waals surface area contributed by atoms with Gasteiger partial charge in [0, 0.05) is 24.3 Å². The maximum atomic E-state index is 2.27. The second-order valence-corrected chi connectivity index (χ2v) is 6.80. The van der Waals surface area contributed by atoms with Gasteiger partial charge in [-0.1, -0.05) is 0 Å². The largest absolute Gasteiger partial charge is 0.208 e. The zero-order chi connectivity index (χ0) is 15.8. The van der Waals surface area contributed by atoms with E-state index in [4.69, 9.17) is 0 Å². The van der Waals surface area contributed by atoms with Gasteiger partial charge in [0.05, 0.1) is 0 Å². The molecular formula is C21H24N2+2. The summed E-state index contributed by atoms with van der Waals surface area (Å²) in [7, 11) is 4.16. The smallest absolute Gasteiger partial charge is 0.169 e. The molecule has 116 valence electrons.